The van der Waals surface area contributed by atoms with Crippen molar-refractivity contribution in [3.63, 3.8) is 0 Å². The van der Waals surface area contributed by atoms with Crippen molar-refractivity contribution in [2.24, 2.45) is 0 Å². The van der Waals surface area contributed by atoms with Gasteiger partial charge in [-0.3, -0.25) is 0 Å². The number of aliphatic hydroxyl groups is 1. The van der Waals surface area contributed by atoms with Gasteiger partial charge in [0.1, 0.15) is 0 Å². The fourth-order valence-electron chi connectivity index (χ4n) is 0. The molecule has 44 valence electrons. The summed E-state index contributed by atoms with van der Waals surface area (Å²) in [7, 11) is 4.20. The Hall–Kier alpha value is 0.769. The van der Waals surface area contributed by atoms with Crippen LogP contribution in [0.1, 0.15) is 13.8 Å². The fraction of sp³-hybridized carbons (Fsp3) is 1.00. The van der Waals surface area contributed by atoms with Crippen molar-refractivity contribution < 1.29 is 20.2 Å². The number of rotatable bonds is 0. The first kappa shape index (κ1) is 9.91. The molecule has 0 aliphatic carbocycles. The van der Waals surface area contributed by atoms with E-state index in [4.69, 9.17) is 5.11 Å². The zero-order chi connectivity index (χ0) is 5.58. The van der Waals surface area contributed by atoms with E-state index in [1.165, 1.54) is 0 Å². The van der Waals surface area contributed by atoms with Gasteiger partial charge in [0.2, 0.25) is 0 Å². The molecule has 0 aliphatic heterocycles. The summed E-state index contributed by atoms with van der Waals surface area (Å²) in [4.78, 5) is 0. The van der Waals surface area contributed by atoms with Gasteiger partial charge in [-0.25, -0.2) is 0 Å². The molecule has 0 fully saturated rings. The summed E-state index contributed by atoms with van der Waals surface area (Å²) >= 11 is 3.66. The molecule has 0 aromatic heterocycles. The van der Waals surface area contributed by atoms with Gasteiger partial charge in [-0.05, 0) is 13.8 Å². The summed E-state index contributed by atoms with van der Waals surface area (Å²) in [6.07, 6.45) is -0.167. The molecule has 0 rings (SSSR count). The van der Waals surface area contributed by atoms with Crippen molar-refractivity contribution in [1.82, 2.24) is 0 Å². The molecule has 6 heavy (non-hydrogen) atoms. The summed E-state index contributed by atoms with van der Waals surface area (Å²) in [6, 6.07) is 0. The summed E-state index contributed by atoms with van der Waals surface area (Å²) < 4.78 is 0. The van der Waals surface area contributed by atoms with E-state index in [2.05, 4.69) is 25.2 Å². The fourth-order valence-corrected chi connectivity index (χ4v) is 0. The molecule has 1 nitrogen and oxygen atoms in total. The van der Waals surface area contributed by atoms with Crippen LogP contribution in [-0.4, -0.2) is 11.2 Å². The van der Waals surface area contributed by atoms with Crippen LogP contribution in [-0.2, 0) is 15.1 Å². The van der Waals surface area contributed by atoms with Crippen molar-refractivity contribution in [2.45, 2.75) is 20.0 Å². The Labute approximate surface area is 50.7 Å². The Morgan fingerprint density at radius 2 is 1.50 bits per heavy atom. The molecule has 1 N–H and O–H groups in total. The third-order valence-corrected chi connectivity index (χ3v) is 0. The van der Waals surface area contributed by atoms with E-state index < -0.39 is 0 Å². The predicted octanol–water partition coefficient (Wildman–Crippen LogP) is 1.07. The molecule has 0 saturated heterocycles. The maximum atomic E-state index is 8.06. The zero-order valence-electron chi connectivity index (χ0n) is 3.70. The van der Waals surface area contributed by atoms with Crippen LogP contribution in [0.25, 0.3) is 0 Å². The molecule has 0 unspecified atom stereocenters. The molecular formula is C3H8ClCuO. The van der Waals surface area contributed by atoms with Crippen LogP contribution in [0, 0.1) is 0 Å². The van der Waals surface area contributed by atoms with E-state index in [-0.39, 0.29) is 6.10 Å². The number of halogens is 1. The zero-order valence-corrected chi connectivity index (χ0v) is 5.40. The third kappa shape index (κ3) is 114. The van der Waals surface area contributed by atoms with Crippen LogP contribution in [0.15, 0.2) is 0 Å². The number of hydrogen-bond donors (Lipinski definition) is 1. The summed E-state index contributed by atoms with van der Waals surface area (Å²) in [5.74, 6) is 0. The minimum atomic E-state index is -0.167. The van der Waals surface area contributed by atoms with Gasteiger partial charge < -0.3 is 5.11 Å². The maximum absolute atomic E-state index is 8.06. The van der Waals surface area contributed by atoms with E-state index in [0.29, 0.717) is 0 Å². The van der Waals surface area contributed by atoms with Crippen molar-refractivity contribution in [1.29, 1.82) is 0 Å². The van der Waals surface area contributed by atoms with Crippen molar-refractivity contribution >= 4 is 10.1 Å². The third-order valence-electron chi connectivity index (χ3n) is 0. The van der Waals surface area contributed by atoms with Gasteiger partial charge in [0, 0.05) is 6.10 Å². The first-order valence-corrected chi connectivity index (χ1v) is 2.82. The monoisotopic (exact) mass is 158 g/mol. The minimum absolute atomic E-state index is 0.167. The summed E-state index contributed by atoms with van der Waals surface area (Å²) in [6.45, 7) is 3.44. The van der Waals surface area contributed by atoms with Gasteiger partial charge >= 0.3 is 25.2 Å². The molecule has 3 heteroatoms. The Bertz CT molecular complexity index is 15.5. The second-order valence-corrected chi connectivity index (χ2v) is 1.09. The first-order valence-electron chi connectivity index (χ1n) is 1.53. The molecule has 0 atom stereocenters. The quantitative estimate of drug-likeness (QED) is 0.524. The van der Waals surface area contributed by atoms with Gasteiger partial charge in [0.05, 0.1) is 0 Å². The standard InChI is InChI=1S/C3H8O.ClH.Cu/c1-3(2)4;;/h3-4H,1-2H3;1H;/q;;+1/p-1. The molecule has 0 bridgehead atoms. The van der Waals surface area contributed by atoms with Crippen LogP contribution in [0.5, 0.6) is 0 Å². The van der Waals surface area contributed by atoms with Crippen molar-refractivity contribution in [2.75, 3.05) is 0 Å². The molecule has 0 aromatic rings. The molecular weight excluding hydrogens is 151 g/mol. The van der Waals surface area contributed by atoms with Crippen LogP contribution in [0.2, 0.25) is 0 Å². The summed E-state index contributed by atoms with van der Waals surface area (Å²) in [5.41, 5.74) is 0. The SMILES string of the molecule is CC(C)O.[Cl][Cu]. The second-order valence-electron chi connectivity index (χ2n) is 1.09. The first-order chi connectivity index (χ1) is 2.73. The van der Waals surface area contributed by atoms with Crippen LogP contribution in [0.4, 0.5) is 0 Å². The van der Waals surface area contributed by atoms with Crippen LogP contribution < -0.4 is 0 Å². The average Bonchev–Trinajstić information content (AvgIpc) is 1.41. The summed E-state index contributed by atoms with van der Waals surface area (Å²) in [5, 5.41) is 8.06. The van der Waals surface area contributed by atoms with Crippen molar-refractivity contribution in [3.8, 4) is 0 Å². The molecule has 0 amide bonds. The van der Waals surface area contributed by atoms with E-state index >= 15 is 0 Å². The van der Waals surface area contributed by atoms with E-state index in [1.807, 2.05) is 0 Å². The number of hydrogen-bond acceptors (Lipinski definition) is 1. The normalized spacial score (nSPS) is 7.17. The van der Waals surface area contributed by atoms with E-state index in [1.54, 1.807) is 13.8 Å². The van der Waals surface area contributed by atoms with Gasteiger partial charge in [0.25, 0.3) is 0 Å². The molecule has 0 aromatic carbocycles. The Kier molecular flexibility index (Phi) is 15.2. The van der Waals surface area contributed by atoms with Crippen LogP contribution in [0.3, 0.4) is 0 Å². The van der Waals surface area contributed by atoms with Gasteiger partial charge in [-0.1, -0.05) is 0 Å². The number of aliphatic hydroxyl groups excluding tert-OH is 1. The topological polar surface area (TPSA) is 20.2 Å². The molecule has 0 radical (unpaired) electrons. The molecule has 0 aliphatic rings. The molecule has 0 heterocycles. The Morgan fingerprint density at radius 3 is 1.50 bits per heavy atom. The van der Waals surface area contributed by atoms with Crippen LogP contribution >= 0.6 is 10.1 Å². The Balaban J connectivity index is 0. The van der Waals surface area contributed by atoms with E-state index in [0.717, 1.165) is 0 Å². The molecule has 0 spiro atoms. The van der Waals surface area contributed by atoms with Gasteiger partial charge in [0.15, 0.2) is 0 Å². The van der Waals surface area contributed by atoms with E-state index in [9.17, 15) is 0 Å². The average molecular weight is 159 g/mol. The van der Waals surface area contributed by atoms with Gasteiger partial charge in [-0.15, -0.1) is 0 Å². The second kappa shape index (κ2) is 9.24. The Morgan fingerprint density at radius 1 is 1.50 bits per heavy atom. The predicted molar refractivity (Wildman–Crippen MR) is 23.2 cm³/mol. The van der Waals surface area contributed by atoms with Crippen molar-refractivity contribution in [3.05, 3.63) is 0 Å². The molecule has 0 saturated carbocycles. The van der Waals surface area contributed by atoms with Gasteiger partial charge in [-0.2, -0.15) is 0 Å².